The number of pyridine rings is 2. The third-order valence-electron chi connectivity index (χ3n) is 6.59. The van der Waals surface area contributed by atoms with Gasteiger partial charge in [0, 0.05) is 47.7 Å². The highest BCUT2D eigenvalue weighted by atomic mass is 35.5. The van der Waals surface area contributed by atoms with Gasteiger partial charge in [0.25, 0.3) is 0 Å². The van der Waals surface area contributed by atoms with Gasteiger partial charge in [0.2, 0.25) is 0 Å². The summed E-state index contributed by atoms with van der Waals surface area (Å²) in [6.07, 6.45) is 5.38. The number of morpholine rings is 1. The Hall–Kier alpha value is -3.39. The average molecular weight is 488 g/mol. The second kappa shape index (κ2) is 9.00. The fourth-order valence-electron chi connectivity index (χ4n) is 4.63. The van der Waals surface area contributed by atoms with Gasteiger partial charge in [-0.3, -0.25) is 0 Å². The number of benzene rings is 1. The lowest BCUT2D eigenvalue weighted by Gasteiger charge is -2.28. The first-order valence-corrected chi connectivity index (χ1v) is 12.1. The Kier molecular flexibility index (Phi) is 5.68. The maximum atomic E-state index is 6.73. The van der Waals surface area contributed by atoms with E-state index in [9.17, 15) is 0 Å². The van der Waals surface area contributed by atoms with Crippen LogP contribution in [0.15, 0.2) is 61.4 Å². The van der Waals surface area contributed by atoms with E-state index in [2.05, 4.69) is 62.9 Å². The van der Waals surface area contributed by atoms with E-state index in [1.165, 1.54) is 0 Å². The topological polar surface area (TPSA) is 78.6 Å². The monoisotopic (exact) mass is 487 g/mol. The lowest BCUT2D eigenvalue weighted by molar-refractivity contribution is 0.122. The number of hydrogen-bond donors (Lipinski definition) is 2. The first kappa shape index (κ1) is 22.1. The lowest BCUT2D eigenvalue weighted by Crippen LogP contribution is -2.36. The molecule has 2 atom stereocenters. The van der Waals surface area contributed by atoms with Crippen molar-refractivity contribution in [2.24, 2.45) is 0 Å². The van der Waals surface area contributed by atoms with Crippen molar-refractivity contribution >= 4 is 34.1 Å². The summed E-state index contributed by atoms with van der Waals surface area (Å²) in [5.74, 6) is 0.932. The molecule has 6 rings (SSSR count). The average Bonchev–Trinajstić information content (AvgIpc) is 3.53. The van der Waals surface area contributed by atoms with E-state index in [-0.39, 0.29) is 12.3 Å². The fourth-order valence-corrected chi connectivity index (χ4v) is 4.87. The molecule has 0 saturated carbocycles. The van der Waals surface area contributed by atoms with E-state index in [4.69, 9.17) is 21.1 Å². The number of halogens is 1. The Morgan fingerprint density at radius 3 is 2.74 bits per heavy atom. The summed E-state index contributed by atoms with van der Waals surface area (Å²) >= 11 is 6.73. The molecule has 2 aliphatic heterocycles. The highest BCUT2D eigenvalue weighted by molar-refractivity contribution is 6.36. The minimum absolute atomic E-state index is 0.0378. The molecule has 0 radical (unpaired) electrons. The van der Waals surface area contributed by atoms with Gasteiger partial charge in [-0.1, -0.05) is 29.8 Å². The Morgan fingerprint density at radius 2 is 1.94 bits per heavy atom. The van der Waals surface area contributed by atoms with Crippen molar-refractivity contribution in [1.29, 1.82) is 0 Å². The zero-order valence-electron chi connectivity index (χ0n) is 19.4. The number of ether oxygens (including phenoxy) is 2. The number of epoxide rings is 1. The summed E-state index contributed by atoms with van der Waals surface area (Å²) < 4.78 is 11.1. The van der Waals surface area contributed by atoms with Crippen LogP contribution in [0.2, 0.25) is 5.02 Å². The van der Waals surface area contributed by atoms with Crippen LogP contribution in [-0.2, 0) is 9.47 Å². The first-order chi connectivity index (χ1) is 17.1. The zero-order chi connectivity index (χ0) is 23.9. The third-order valence-corrected chi connectivity index (χ3v) is 6.91. The van der Waals surface area contributed by atoms with Crippen LogP contribution in [-0.4, -0.2) is 53.6 Å². The molecule has 0 bridgehead atoms. The van der Waals surface area contributed by atoms with Crippen molar-refractivity contribution < 1.29 is 9.47 Å². The van der Waals surface area contributed by atoms with Crippen LogP contribution in [0.25, 0.3) is 33.4 Å². The standard InChI is InChI=1S/C27H26ClN5O2/c1-3-21-27(35-21)31-20-14-17(5-4-16(20)2)23-24-19(28)7-9-30-26(24)32-25(23)18-6-8-29-22(15-18)33-10-12-34-13-11-33/h3-9,14-15,21,27,31H,1,10-13H2,2H3,(H,30,32). The smallest absolute Gasteiger partial charge is 0.158 e. The van der Waals surface area contributed by atoms with Gasteiger partial charge in [0.1, 0.15) is 17.6 Å². The summed E-state index contributed by atoms with van der Waals surface area (Å²) in [7, 11) is 0. The number of fused-ring (bicyclic) bond motifs is 1. The summed E-state index contributed by atoms with van der Waals surface area (Å²) in [5.41, 5.74) is 6.93. The third kappa shape index (κ3) is 4.16. The van der Waals surface area contributed by atoms with Crippen LogP contribution in [0.5, 0.6) is 0 Å². The largest absolute Gasteiger partial charge is 0.378 e. The molecule has 2 aliphatic rings. The Bertz CT molecular complexity index is 1410. The molecule has 2 N–H and O–H groups in total. The number of hydrogen-bond acceptors (Lipinski definition) is 6. The molecule has 4 aromatic rings. The SMILES string of the molecule is C=CC1OC1Nc1cc(-c2c(-c3ccnc(N4CCOCC4)c3)[nH]c3nccc(Cl)c23)ccc1C. The minimum Gasteiger partial charge on any atom is -0.378 e. The Labute approximate surface area is 208 Å². The molecular formula is C27H26ClN5O2. The molecule has 2 unspecified atom stereocenters. The highest BCUT2D eigenvalue weighted by Crippen LogP contribution is 2.42. The second-order valence-corrected chi connectivity index (χ2v) is 9.23. The van der Waals surface area contributed by atoms with Crippen molar-refractivity contribution in [3.63, 3.8) is 0 Å². The molecule has 8 heteroatoms. The molecule has 178 valence electrons. The number of aromatic nitrogens is 3. The van der Waals surface area contributed by atoms with Crippen LogP contribution < -0.4 is 10.2 Å². The number of aryl methyl sites for hydroxylation is 1. The molecule has 7 nitrogen and oxygen atoms in total. The quantitative estimate of drug-likeness (QED) is 0.279. The molecule has 1 aromatic carbocycles. The van der Waals surface area contributed by atoms with E-state index < -0.39 is 0 Å². The summed E-state index contributed by atoms with van der Waals surface area (Å²) in [4.78, 5) is 15.0. The minimum atomic E-state index is -0.0505. The van der Waals surface area contributed by atoms with Crippen LogP contribution in [0.1, 0.15) is 5.56 Å². The summed E-state index contributed by atoms with van der Waals surface area (Å²) in [6, 6.07) is 12.4. The number of nitrogens with zero attached hydrogens (tertiary/aromatic N) is 3. The van der Waals surface area contributed by atoms with Gasteiger partial charge in [-0.2, -0.15) is 0 Å². The van der Waals surface area contributed by atoms with Crippen LogP contribution in [0.3, 0.4) is 0 Å². The predicted molar refractivity (Wildman–Crippen MR) is 140 cm³/mol. The molecule has 35 heavy (non-hydrogen) atoms. The van der Waals surface area contributed by atoms with Crippen molar-refractivity contribution in [2.45, 2.75) is 19.3 Å². The zero-order valence-corrected chi connectivity index (χ0v) is 20.2. The van der Waals surface area contributed by atoms with Gasteiger partial charge in [-0.05, 0) is 42.3 Å². The van der Waals surface area contributed by atoms with Gasteiger partial charge in [0.05, 0.1) is 23.9 Å². The predicted octanol–water partition coefficient (Wildman–Crippen LogP) is 5.41. The van der Waals surface area contributed by atoms with E-state index in [1.54, 1.807) is 6.20 Å². The van der Waals surface area contributed by atoms with Gasteiger partial charge in [0.15, 0.2) is 6.23 Å². The number of aromatic amines is 1. The first-order valence-electron chi connectivity index (χ1n) is 11.7. The van der Waals surface area contributed by atoms with Crippen molar-refractivity contribution in [1.82, 2.24) is 15.0 Å². The number of rotatable bonds is 6. The number of H-pyrrole nitrogens is 1. The van der Waals surface area contributed by atoms with Crippen molar-refractivity contribution in [3.05, 3.63) is 72.0 Å². The van der Waals surface area contributed by atoms with Crippen LogP contribution in [0.4, 0.5) is 11.5 Å². The van der Waals surface area contributed by atoms with Gasteiger partial charge in [-0.15, -0.1) is 6.58 Å². The van der Waals surface area contributed by atoms with Gasteiger partial charge >= 0.3 is 0 Å². The van der Waals surface area contributed by atoms with E-state index in [0.29, 0.717) is 18.2 Å². The van der Waals surface area contributed by atoms with E-state index >= 15 is 0 Å². The Morgan fingerprint density at radius 1 is 1.11 bits per heavy atom. The van der Waals surface area contributed by atoms with E-state index in [1.807, 2.05) is 24.4 Å². The number of anilines is 2. The molecule has 2 fully saturated rings. The van der Waals surface area contributed by atoms with Crippen LogP contribution in [0, 0.1) is 6.92 Å². The van der Waals surface area contributed by atoms with Gasteiger partial charge < -0.3 is 24.7 Å². The Balaban J connectivity index is 1.48. The van der Waals surface area contributed by atoms with Crippen LogP contribution >= 0.6 is 11.6 Å². The molecule has 2 saturated heterocycles. The second-order valence-electron chi connectivity index (χ2n) is 8.82. The number of nitrogens with one attached hydrogen (secondary N) is 2. The molecule has 0 aliphatic carbocycles. The van der Waals surface area contributed by atoms with Crippen molar-refractivity contribution in [3.8, 4) is 22.4 Å². The van der Waals surface area contributed by atoms with Crippen molar-refractivity contribution in [2.75, 3.05) is 36.5 Å². The molecule has 0 amide bonds. The molecule has 3 aromatic heterocycles. The normalized spacial score (nSPS) is 19.7. The summed E-state index contributed by atoms with van der Waals surface area (Å²) in [5, 5.41) is 5.03. The lowest BCUT2D eigenvalue weighted by atomic mass is 9.97. The van der Waals surface area contributed by atoms with Gasteiger partial charge in [-0.25, -0.2) is 9.97 Å². The van der Waals surface area contributed by atoms with E-state index in [0.717, 1.165) is 63.6 Å². The molecule has 0 spiro atoms. The molecular weight excluding hydrogens is 462 g/mol. The molecule has 5 heterocycles. The fraction of sp³-hybridized carbons (Fsp3) is 0.259. The highest BCUT2D eigenvalue weighted by Gasteiger charge is 2.36. The summed E-state index contributed by atoms with van der Waals surface area (Å²) in [6.45, 7) is 8.97. The maximum Gasteiger partial charge on any atom is 0.158 e. The maximum absolute atomic E-state index is 6.73.